The Labute approximate surface area is 183 Å². The lowest BCUT2D eigenvalue weighted by molar-refractivity contribution is 0.0977. The van der Waals surface area contributed by atoms with E-state index in [1.54, 1.807) is 48.5 Å². The Morgan fingerprint density at radius 1 is 1.10 bits per heavy atom. The predicted octanol–water partition coefficient (Wildman–Crippen LogP) is 4.24. The molecule has 156 valence electrons. The number of thiocarbonyl (C=S) groups is 1. The number of aliphatic hydroxyl groups excluding tert-OH is 1. The number of hydrogen-bond donors (Lipinski definition) is 3. The largest absolute Gasteiger partial charge is 0.493 e. The van der Waals surface area contributed by atoms with Gasteiger partial charge in [-0.2, -0.15) is 0 Å². The summed E-state index contributed by atoms with van der Waals surface area (Å²) in [6, 6.07) is 13.4. The average Bonchev–Trinajstić information content (AvgIpc) is 3.22. The number of rotatable bonds is 6. The van der Waals surface area contributed by atoms with Gasteiger partial charge in [-0.05, 0) is 60.7 Å². The Morgan fingerprint density at radius 2 is 1.87 bits per heavy atom. The highest BCUT2D eigenvalue weighted by Gasteiger charge is 2.13. The molecule has 9 heteroatoms. The molecule has 3 N–H and O–H groups in total. The van der Waals surface area contributed by atoms with Crippen LogP contribution in [0.3, 0.4) is 0 Å². The van der Waals surface area contributed by atoms with Crippen molar-refractivity contribution in [3.05, 3.63) is 64.9 Å². The smallest absolute Gasteiger partial charge is 0.257 e. The summed E-state index contributed by atoms with van der Waals surface area (Å²) in [6.45, 7) is -0.189. The molecule has 0 radical (unpaired) electrons. The lowest BCUT2D eigenvalue weighted by Crippen LogP contribution is -2.34. The number of ether oxygens (including phenoxy) is 2. The monoisotopic (exact) mass is 446 g/mol. The van der Waals surface area contributed by atoms with Gasteiger partial charge in [-0.25, -0.2) is 0 Å². The fraction of sp³-hybridized carbons (Fsp3) is 0.143. The standard InChI is InChI=1S/C21H19ClN2O5S/c1-27-18-7-3-12(9-19(18)28-2)20(26)24-21(30)23-13-4-6-15(16(22)10-13)17-8-5-14(11-25)29-17/h3-10,25H,11H2,1-2H3,(H2,23,24,26,30). The van der Waals surface area contributed by atoms with Crippen molar-refractivity contribution in [2.75, 3.05) is 19.5 Å². The van der Waals surface area contributed by atoms with E-state index in [1.165, 1.54) is 14.2 Å². The predicted molar refractivity (Wildman–Crippen MR) is 118 cm³/mol. The Kier molecular flexibility index (Phi) is 6.94. The quantitative estimate of drug-likeness (QED) is 0.488. The molecule has 0 saturated carbocycles. The van der Waals surface area contributed by atoms with Crippen molar-refractivity contribution in [1.82, 2.24) is 5.32 Å². The Balaban J connectivity index is 1.67. The number of aliphatic hydroxyl groups is 1. The van der Waals surface area contributed by atoms with Crippen molar-refractivity contribution in [2.45, 2.75) is 6.61 Å². The van der Waals surface area contributed by atoms with E-state index in [0.29, 0.717) is 44.9 Å². The third-order valence-electron chi connectivity index (χ3n) is 4.18. The molecular formula is C21H19ClN2O5S. The zero-order valence-electron chi connectivity index (χ0n) is 16.2. The molecule has 0 atom stereocenters. The van der Waals surface area contributed by atoms with Crippen LogP contribution in [0.1, 0.15) is 16.1 Å². The number of amides is 1. The van der Waals surface area contributed by atoms with Crippen molar-refractivity contribution in [1.29, 1.82) is 0 Å². The van der Waals surface area contributed by atoms with Crippen LogP contribution in [0.15, 0.2) is 52.9 Å². The van der Waals surface area contributed by atoms with E-state index in [0.717, 1.165) is 0 Å². The Bertz CT molecular complexity index is 1080. The molecule has 0 unspecified atom stereocenters. The van der Waals surface area contributed by atoms with Gasteiger partial charge in [-0.3, -0.25) is 10.1 Å². The van der Waals surface area contributed by atoms with Gasteiger partial charge < -0.3 is 24.3 Å². The van der Waals surface area contributed by atoms with Crippen LogP contribution in [0.25, 0.3) is 11.3 Å². The van der Waals surface area contributed by atoms with Crippen LogP contribution in [0.2, 0.25) is 5.02 Å². The topological polar surface area (TPSA) is 93.0 Å². The molecule has 1 aromatic heterocycles. The zero-order valence-corrected chi connectivity index (χ0v) is 17.8. The summed E-state index contributed by atoms with van der Waals surface area (Å²) >= 11 is 11.6. The molecule has 0 aliphatic heterocycles. The molecule has 1 amide bonds. The van der Waals surface area contributed by atoms with Crippen LogP contribution >= 0.6 is 23.8 Å². The van der Waals surface area contributed by atoms with Crippen molar-refractivity contribution in [2.24, 2.45) is 0 Å². The number of carbonyl (C=O) groups excluding carboxylic acids is 1. The van der Waals surface area contributed by atoms with Crippen LogP contribution in [0.5, 0.6) is 11.5 Å². The molecule has 0 saturated heterocycles. The van der Waals surface area contributed by atoms with Gasteiger partial charge in [-0.15, -0.1) is 0 Å². The first-order valence-corrected chi connectivity index (χ1v) is 9.57. The highest BCUT2D eigenvalue weighted by Crippen LogP contribution is 2.32. The number of carbonyl (C=O) groups is 1. The first kappa shape index (κ1) is 21.6. The van der Waals surface area contributed by atoms with E-state index in [1.807, 2.05) is 0 Å². The molecule has 0 fully saturated rings. The highest BCUT2D eigenvalue weighted by molar-refractivity contribution is 7.80. The summed E-state index contributed by atoms with van der Waals surface area (Å²) in [6.07, 6.45) is 0. The molecule has 0 aliphatic carbocycles. The van der Waals surface area contributed by atoms with Crippen LogP contribution in [-0.2, 0) is 6.61 Å². The molecule has 3 rings (SSSR count). The summed E-state index contributed by atoms with van der Waals surface area (Å²) in [4.78, 5) is 12.5. The van der Waals surface area contributed by atoms with Crippen LogP contribution in [0.4, 0.5) is 5.69 Å². The van der Waals surface area contributed by atoms with Crippen molar-refractivity contribution < 1.29 is 23.8 Å². The van der Waals surface area contributed by atoms with Gasteiger partial charge in [0.25, 0.3) is 5.91 Å². The molecule has 3 aromatic rings. The number of halogens is 1. The van der Waals surface area contributed by atoms with Gasteiger partial charge in [0.2, 0.25) is 0 Å². The fourth-order valence-corrected chi connectivity index (χ4v) is 3.20. The van der Waals surface area contributed by atoms with Gasteiger partial charge in [0.05, 0.1) is 19.2 Å². The maximum absolute atomic E-state index is 12.5. The maximum atomic E-state index is 12.5. The summed E-state index contributed by atoms with van der Waals surface area (Å²) in [7, 11) is 3.01. The molecule has 0 aliphatic rings. The first-order chi connectivity index (χ1) is 14.4. The molecule has 30 heavy (non-hydrogen) atoms. The molecule has 0 spiro atoms. The third-order valence-corrected chi connectivity index (χ3v) is 4.70. The summed E-state index contributed by atoms with van der Waals surface area (Å²) in [5, 5.41) is 15.2. The zero-order chi connectivity index (χ0) is 21.7. The summed E-state index contributed by atoms with van der Waals surface area (Å²) < 4.78 is 15.9. The second-order valence-corrected chi connectivity index (χ2v) is 6.91. The lowest BCUT2D eigenvalue weighted by atomic mass is 10.1. The minimum atomic E-state index is -0.400. The molecule has 7 nitrogen and oxygen atoms in total. The summed E-state index contributed by atoms with van der Waals surface area (Å²) in [5.41, 5.74) is 1.63. The van der Waals surface area contributed by atoms with E-state index >= 15 is 0 Å². The van der Waals surface area contributed by atoms with Crippen molar-refractivity contribution in [3.63, 3.8) is 0 Å². The Hall–Kier alpha value is -3.07. The lowest BCUT2D eigenvalue weighted by Gasteiger charge is -2.12. The van der Waals surface area contributed by atoms with E-state index < -0.39 is 5.91 Å². The highest BCUT2D eigenvalue weighted by atomic mass is 35.5. The van der Waals surface area contributed by atoms with E-state index in [4.69, 9.17) is 42.8 Å². The number of furan rings is 1. The van der Waals surface area contributed by atoms with Gasteiger partial charge >= 0.3 is 0 Å². The third kappa shape index (κ3) is 4.91. The summed E-state index contributed by atoms with van der Waals surface area (Å²) in [5.74, 6) is 1.55. The number of hydrogen-bond acceptors (Lipinski definition) is 6. The van der Waals surface area contributed by atoms with Crippen molar-refractivity contribution >= 4 is 40.5 Å². The van der Waals surface area contributed by atoms with Crippen LogP contribution in [-0.4, -0.2) is 30.3 Å². The molecule has 1 heterocycles. The average molecular weight is 447 g/mol. The SMILES string of the molecule is COc1ccc(C(=O)NC(=S)Nc2ccc(-c3ccc(CO)o3)c(Cl)c2)cc1OC. The molecule has 2 aromatic carbocycles. The van der Waals surface area contributed by atoms with Crippen molar-refractivity contribution in [3.8, 4) is 22.8 Å². The normalized spacial score (nSPS) is 10.4. The number of anilines is 1. The molecular weight excluding hydrogens is 428 g/mol. The van der Waals surface area contributed by atoms with Crippen LogP contribution in [0, 0.1) is 0 Å². The maximum Gasteiger partial charge on any atom is 0.257 e. The second-order valence-electron chi connectivity index (χ2n) is 6.10. The van der Waals surface area contributed by atoms with E-state index in [-0.39, 0.29) is 11.7 Å². The molecule has 0 bridgehead atoms. The first-order valence-electron chi connectivity index (χ1n) is 8.79. The van der Waals surface area contributed by atoms with Gasteiger partial charge in [-0.1, -0.05) is 11.6 Å². The second kappa shape index (κ2) is 9.62. The Morgan fingerprint density at radius 3 is 2.50 bits per heavy atom. The van der Waals surface area contributed by atoms with E-state index in [2.05, 4.69) is 10.6 Å². The van der Waals surface area contributed by atoms with Gasteiger partial charge in [0.1, 0.15) is 18.1 Å². The minimum Gasteiger partial charge on any atom is -0.493 e. The number of benzene rings is 2. The van der Waals surface area contributed by atoms with Gasteiger partial charge in [0, 0.05) is 16.8 Å². The minimum absolute atomic E-state index is 0.110. The van der Waals surface area contributed by atoms with Gasteiger partial charge in [0.15, 0.2) is 16.6 Å². The number of nitrogens with one attached hydrogen (secondary N) is 2. The fourth-order valence-electron chi connectivity index (χ4n) is 2.72. The van der Waals surface area contributed by atoms with E-state index in [9.17, 15) is 4.79 Å². The number of methoxy groups -OCH3 is 2. The van der Waals surface area contributed by atoms with Crippen LogP contribution < -0.4 is 20.1 Å².